The second kappa shape index (κ2) is 8.42. The van der Waals surface area contributed by atoms with Gasteiger partial charge >= 0.3 is 0 Å². The molecule has 1 saturated heterocycles. The van der Waals surface area contributed by atoms with Crippen molar-refractivity contribution < 1.29 is 17.7 Å². The molecule has 1 aliphatic rings. The Morgan fingerprint density at radius 1 is 0.939 bits per heavy atom. The second-order valence-electron chi connectivity index (χ2n) is 7.88. The van der Waals surface area contributed by atoms with Gasteiger partial charge in [0.25, 0.3) is 11.6 Å². The molecule has 33 heavy (non-hydrogen) atoms. The molecule has 1 fully saturated rings. The van der Waals surface area contributed by atoms with Gasteiger partial charge in [-0.3, -0.25) is 4.79 Å². The largest absolute Gasteiger partial charge is 0.336 e. The third kappa shape index (κ3) is 3.90. The first-order chi connectivity index (χ1) is 15.9. The fourth-order valence-corrected chi connectivity index (χ4v) is 5.51. The molecule has 0 atom stereocenters. The number of fused-ring (bicyclic) bond motifs is 1. The van der Waals surface area contributed by atoms with Gasteiger partial charge in [-0.05, 0) is 25.1 Å². The molecule has 0 radical (unpaired) electrons. The number of carbonyl (C=O) groups is 1. The van der Waals surface area contributed by atoms with Gasteiger partial charge in [0, 0.05) is 31.7 Å². The van der Waals surface area contributed by atoms with Crippen LogP contribution in [0.15, 0.2) is 76.1 Å². The Labute approximate surface area is 191 Å². The molecule has 5 rings (SSSR count). The number of nitrogens with zero attached hydrogens (tertiary/aromatic N) is 4. The molecule has 4 aromatic rings. The first-order valence-electron chi connectivity index (χ1n) is 10.6. The van der Waals surface area contributed by atoms with Crippen LogP contribution >= 0.6 is 0 Å². The number of hydrogen-bond donors (Lipinski definition) is 0. The minimum absolute atomic E-state index is 0.192. The Hall–Kier alpha value is -3.56. The maximum atomic E-state index is 13.5. The van der Waals surface area contributed by atoms with E-state index in [1.54, 1.807) is 48.2 Å². The van der Waals surface area contributed by atoms with Crippen molar-refractivity contribution in [1.29, 1.82) is 0 Å². The molecule has 0 spiro atoms. The average molecular weight is 463 g/mol. The van der Waals surface area contributed by atoms with Gasteiger partial charge in [0.1, 0.15) is 0 Å². The number of hydrogen-bond acceptors (Lipinski definition) is 6. The molecule has 1 amide bonds. The summed E-state index contributed by atoms with van der Waals surface area (Å²) in [5.74, 6) is -0.192. The van der Waals surface area contributed by atoms with Gasteiger partial charge in [-0.15, -0.1) is 0 Å². The van der Waals surface area contributed by atoms with Crippen LogP contribution in [0.4, 0.5) is 0 Å². The van der Waals surface area contributed by atoms with Crippen molar-refractivity contribution in [3.05, 3.63) is 78.0 Å². The number of aromatic nitrogens is 2. The summed E-state index contributed by atoms with van der Waals surface area (Å²) in [4.78, 5) is 20.0. The van der Waals surface area contributed by atoms with Crippen molar-refractivity contribution in [3.63, 3.8) is 0 Å². The molecule has 1 aliphatic heterocycles. The summed E-state index contributed by atoms with van der Waals surface area (Å²) >= 11 is 0. The number of benzene rings is 2. The van der Waals surface area contributed by atoms with E-state index < -0.39 is 10.0 Å². The summed E-state index contributed by atoms with van der Waals surface area (Å²) in [6.45, 7) is 2.81. The monoisotopic (exact) mass is 462 g/mol. The van der Waals surface area contributed by atoms with Gasteiger partial charge in [0.2, 0.25) is 10.0 Å². The van der Waals surface area contributed by atoms with Gasteiger partial charge in [-0.1, -0.05) is 53.7 Å². The maximum Gasteiger partial charge on any atom is 0.259 e. The molecule has 168 valence electrons. The Bertz CT molecular complexity index is 1410. The minimum Gasteiger partial charge on any atom is -0.336 e. The molecule has 0 unspecified atom stereocenters. The predicted molar refractivity (Wildman–Crippen MR) is 123 cm³/mol. The van der Waals surface area contributed by atoms with E-state index in [2.05, 4.69) is 10.1 Å². The molecular weight excluding hydrogens is 440 g/mol. The molecule has 0 aliphatic carbocycles. The SMILES string of the molecule is Cc1noc2nc(-c3ccccc3)cc(C(=O)N3CCN(S(=O)(=O)c4ccccc4)CC3)c12. The predicted octanol–water partition coefficient (Wildman–Crippen LogP) is 3.34. The second-order valence-corrected chi connectivity index (χ2v) is 9.82. The first kappa shape index (κ1) is 21.3. The van der Waals surface area contributed by atoms with Crippen LogP contribution in [0.5, 0.6) is 0 Å². The van der Waals surface area contributed by atoms with E-state index >= 15 is 0 Å². The third-order valence-electron chi connectivity index (χ3n) is 5.82. The van der Waals surface area contributed by atoms with Crippen molar-refractivity contribution in [3.8, 4) is 11.3 Å². The van der Waals surface area contributed by atoms with Crippen LogP contribution < -0.4 is 0 Å². The van der Waals surface area contributed by atoms with E-state index in [1.807, 2.05) is 30.3 Å². The molecule has 2 aromatic carbocycles. The van der Waals surface area contributed by atoms with Crippen molar-refractivity contribution in [2.45, 2.75) is 11.8 Å². The Morgan fingerprint density at radius 3 is 2.24 bits per heavy atom. The summed E-state index contributed by atoms with van der Waals surface area (Å²) < 4.78 is 32.6. The standard InChI is InChI=1S/C24H22N4O4S/c1-17-22-20(16-21(25-23(22)32-26-17)18-8-4-2-5-9-18)24(29)27-12-14-28(15-13-27)33(30,31)19-10-6-3-7-11-19/h2-11,16H,12-15H2,1H3. The lowest BCUT2D eigenvalue weighted by molar-refractivity contribution is 0.0699. The fourth-order valence-electron chi connectivity index (χ4n) is 4.06. The zero-order valence-electron chi connectivity index (χ0n) is 18.0. The number of carbonyl (C=O) groups excluding carboxylic acids is 1. The van der Waals surface area contributed by atoms with Crippen LogP contribution in [-0.4, -0.2) is 59.8 Å². The number of aryl methyl sites for hydroxylation is 1. The van der Waals surface area contributed by atoms with Crippen LogP contribution in [0.1, 0.15) is 16.1 Å². The van der Waals surface area contributed by atoms with Crippen molar-refractivity contribution >= 4 is 27.0 Å². The minimum atomic E-state index is -3.59. The maximum absolute atomic E-state index is 13.5. The van der Waals surface area contributed by atoms with Crippen LogP contribution in [0.3, 0.4) is 0 Å². The highest BCUT2D eigenvalue weighted by Gasteiger charge is 2.31. The zero-order chi connectivity index (χ0) is 23.0. The lowest BCUT2D eigenvalue weighted by Gasteiger charge is -2.34. The molecule has 3 heterocycles. The van der Waals surface area contributed by atoms with E-state index in [1.165, 1.54) is 4.31 Å². The van der Waals surface area contributed by atoms with E-state index in [4.69, 9.17) is 4.52 Å². The lowest BCUT2D eigenvalue weighted by atomic mass is 10.0. The van der Waals surface area contributed by atoms with Crippen molar-refractivity contribution in [2.24, 2.45) is 0 Å². The smallest absolute Gasteiger partial charge is 0.259 e. The highest BCUT2D eigenvalue weighted by Crippen LogP contribution is 2.28. The molecular formula is C24H22N4O4S. The lowest BCUT2D eigenvalue weighted by Crippen LogP contribution is -2.50. The normalized spacial score (nSPS) is 15.1. The van der Waals surface area contributed by atoms with Crippen molar-refractivity contribution in [2.75, 3.05) is 26.2 Å². The van der Waals surface area contributed by atoms with Crippen molar-refractivity contribution in [1.82, 2.24) is 19.3 Å². The summed E-state index contributed by atoms with van der Waals surface area (Å²) in [5.41, 5.74) is 2.83. The van der Waals surface area contributed by atoms with Gasteiger partial charge in [-0.25, -0.2) is 13.4 Å². The summed E-state index contributed by atoms with van der Waals surface area (Å²) in [5, 5.41) is 4.58. The third-order valence-corrected chi connectivity index (χ3v) is 7.74. The molecule has 2 aromatic heterocycles. The number of rotatable bonds is 4. The molecule has 0 saturated carbocycles. The van der Waals surface area contributed by atoms with E-state index in [-0.39, 0.29) is 23.9 Å². The number of piperazine rings is 1. The van der Waals surface area contributed by atoms with Crippen LogP contribution in [-0.2, 0) is 10.0 Å². The Morgan fingerprint density at radius 2 is 1.58 bits per heavy atom. The molecule has 0 N–H and O–H groups in total. The van der Waals surface area contributed by atoms with Gasteiger partial charge in [-0.2, -0.15) is 4.31 Å². The first-order valence-corrected chi connectivity index (χ1v) is 12.1. The van der Waals surface area contributed by atoms with Gasteiger partial charge in [0.15, 0.2) is 0 Å². The summed E-state index contributed by atoms with van der Waals surface area (Å²) in [6.07, 6.45) is 0. The molecule has 0 bridgehead atoms. The molecule has 8 nitrogen and oxygen atoms in total. The zero-order valence-corrected chi connectivity index (χ0v) is 18.8. The summed E-state index contributed by atoms with van der Waals surface area (Å²) in [6, 6.07) is 19.7. The van der Waals surface area contributed by atoms with Crippen LogP contribution in [0, 0.1) is 6.92 Å². The Balaban J connectivity index is 1.43. The summed E-state index contributed by atoms with van der Waals surface area (Å²) in [7, 11) is -3.59. The number of amides is 1. The highest BCUT2D eigenvalue weighted by molar-refractivity contribution is 7.89. The topological polar surface area (TPSA) is 96.6 Å². The van der Waals surface area contributed by atoms with Crippen LogP contribution in [0.25, 0.3) is 22.4 Å². The van der Waals surface area contributed by atoms with Gasteiger partial charge in [0.05, 0.1) is 27.2 Å². The van der Waals surface area contributed by atoms with E-state index in [0.29, 0.717) is 41.1 Å². The number of sulfonamides is 1. The molecule has 9 heteroatoms. The highest BCUT2D eigenvalue weighted by atomic mass is 32.2. The Kier molecular flexibility index (Phi) is 5.43. The van der Waals surface area contributed by atoms with E-state index in [0.717, 1.165) is 5.56 Å². The van der Waals surface area contributed by atoms with Crippen LogP contribution in [0.2, 0.25) is 0 Å². The van der Waals surface area contributed by atoms with Gasteiger partial charge < -0.3 is 9.42 Å². The number of pyridine rings is 1. The van der Waals surface area contributed by atoms with E-state index in [9.17, 15) is 13.2 Å². The fraction of sp³-hybridized carbons (Fsp3) is 0.208. The quantitative estimate of drug-likeness (QED) is 0.462. The average Bonchev–Trinajstić information content (AvgIpc) is 3.25.